The van der Waals surface area contributed by atoms with Gasteiger partial charge in [0.1, 0.15) is 5.52 Å². The fraction of sp³-hybridized carbons (Fsp3) is 0.300. The number of aromatic nitrogens is 1. The van der Waals surface area contributed by atoms with E-state index in [1.165, 1.54) is 0 Å². The van der Waals surface area contributed by atoms with Crippen molar-refractivity contribution in [1.29, 1.82) is 0 Å². The molecule has 1 aromatic carbocycles. The summed E-state index contributed by atoms with van der Waals surface area (Å²) in [5.74, 6) is 0.824. The van der Waals surface area contributed by atoms with Gasteiger partial charge in [-0.2, -0.15) is 0 Å². The number of para-hydroxylation sites is 1. The van der Waals surface area contributed by atoms with Crippen LogP contribution in [0.15, 0.2) is 27.1 Å². The van der Waals surface area contributed by atoms with Crippen molar-refractivity contribution in [3.8, 4) is 0 Å². The molecule has 0 saturated carbocycles. The normalized spacial score (nSPS) is 10.9. The summed E-state index contributed by atoms with van der Waals surface area (Å²) in [6.07, 6.45) is 1.96. The standard InChI is InChI=1S/C10H10BrNO/c1-2-4-9-12-8-6-3-5-7(11)10(8)13-9/h3,5-6H,2,4H2,1H3. The molecule has 0 unspecified atom stereocenters. The van der Waals surface area contributed by atoms with Crippen LogP contribution in [-0.2, 0) is 6.42 Å². The van der Waals surface area contributed by atoms with Crippen molar-refractivity contribution in [1.82, 2.24) is 4.98 Å². The van der Waals surface area contributed by atoms with Gasteiger partial charge in [-0.3, -0.25) is 0 Å². The molecule has 68 valence electrons. The minimum Gasteiger partial charge on any atom is -0.440 e. The average molecular weight is 240 g/mol. The summed E-state index contributed by atoms with van der Waals surface area (Å²) in [4.78, 5) is 4.37. The van der Waals surface area contributed by atoms with Crippen LogP contribution in [0.2, 0.25) is 0 Å². The Bertz CT molecular complexity index is 422. The van der Waals surface area contributed by atoms with Gasteiger partial charge in [0, 0.05) is 6.42 Å². The zero-order valence-corrected chi connectivity index (χ0v) is 8.97. The predicted octanol–water partition coefficient (Wildman–Crippen LogP) is 3.54. The van der Waals surface area contributed by atoms with E-state index in [-0.39, 0.29) is 0 Å². The fourth-order valence-corrected chi connectivity index (χ4v) is 1.72. The molecule has 1 aromatic heterocycles. The van der Waals surface area contributed by atoms with E-state index in [2.05, 4.69) is 27.8 Å². The molecule has 3 heteroatoms. The first-order valence-corrected chi connectivity index (χ1v) is 5.14. The summed E-state index contributed by atoms with van der Waals surface area (Å²) >= 11 is 3.43. The summed E-state index contributed by atoms with van der Waals surface area (Å²) in [7, 11) is 0. The molecule has 0 N–H and O–H groups in total. The molecule has 2 rings (SSSR count). The lowest BCUT2D eigenvalue weighted by Crippen LogP contribution is -1.79. The van der Waals surface area contributed by atoms with Crippen molar-refractivity contribution < 1.29 is 4.42 Å². The van der Waals surface area contributed by atoms with Gasteiger partial charge >= 0.3 is 0 Å². The maximum Gasteiger partial charge on any atom is 0.195 e. The zero-order valence-electron chi connectivity index (χ0n) is 7.38. The van der Waals surface area contributed by atoms with Crippen molar-refractivity contribution >= 4 is 27.0 Å². The molecule has 2 nitrogen and oxygen atoms in total. The van der Waals surface area contributed by atoms with E-state index in [1.54, 1.807) is 0 Å². The van der Waals surface area contributed by atoms with Crippen LogP contribution in [0.5, 0.6) is 0 Å². The van der Waals surface area contributed by atoms with Crippen molar-refractivity contribution in [2.45, 2.75) is 19.8 Å². The summed E-state index contributed by atoms with van der Waals surface area (Å²) in [6.45, 7) is 2.11. The summed E-state index contributed by atoms with van der Waals surface area (Å²) < 4.78 is 6.55. The number of halogens is 1. The Kier molecular flexibility index (Phi) is 2.36. The third kappa shape index (κ3) is 1.61. The number of hydrogen-bond acceptors (Lipinski definition) is 2. The fourth-order valence-electron chi connectivity index (χ4n) is 1.28. The Balaban J connectivity index is 2.55. The van der Waals surface area contributed by atoms with Crippen LogP contribution in [0.1, 0.15) is 19.2 Å². The Morgan fingerprint density at radius 3 is 3.00 bits per heavy atom. The van der Waals surface area contributed by atoms with Crippen LogP contribution in [0.25, 0.3) is 11.1 Å². The molecular formula is C10H10BrNO. The lowest BCUT2D eigenvalue weighted by Gasteiger charge is -1.88. The minimum atomic E-state index is 0.824. The zero-order chi connectivity index (χ0) is 9.26. The Hall–Kier alpha value is -0.830. The van der Waals surface area contributed by atoms with Crippen LogP contribution in [0.3, 0.4) is 0 Å². The maximum absolute atomic E-state index is 5.58. The van der Waals surface area contributed by atoms with Gasteiger partial charge in [-0.25, -0.2) is 4.98 Å². The highest BCUT2D eigenvalue weighted by atomic mass is 79.9. The molecule has 0 aliphatic carbocycles. The van der Waals surface area contributed by atoms with Crippen LogP contribution in [0, 0.1) is 0 Å². The van der Waals surface area contributed by atoms with Crippen molar-refractivity contribution in [2.24, 2.45) is 0 Å². The van der Waals surface area contributed by atoms with E-state index in [9.17, 15) is 0 Å². The lowest BCUT2D eigenvalue weighted by atomic mass is 10.3. The molecule has 0 amide bonds. The molecule has 13 heavy (non-hydrogen) atoms. The van der Waals surface area contributed by atoms with E-state index in [0.717, 1.165) is 34.3 Å². The lowest BCUT2D eigenvalue weighted by molar-refractivity contribution is 0.524. The van der Waals surface area contributed by atoms with E-state index in [0.29, 0.717) is 0 Å². The Morgan fingerprint density at radius 2 is 2.31 bits per heavy atom. The van der Waals surface area contributed by atoms with Crippen molar-refractivity contribution in [2.75, 3.05) is 0 Å². The van der Waals surface area contributed by atoms with Gasteiger partial charge in [0.15, 0.2) is 11.5 Å². The van der Waals surface area contributed by atoms with Crippen molar-refractivity contribution in [3.63, 3.8) is 0 Å². The molecule has 0 radical (unpaired) electrons. The maximum atomic E-state index is 5.58. The number of aryl methyl sites for hydroxylation is 1. The van der Waals surface area contributed by atoms with Gasteiger partial charge in [-0.15, -0.1) is 0 Å². The quantitative estimate of drug-likeness (QED) is 0.802. The van der Waals surface area contributed by atoms with E-state index < -0.39 is 0 Å². The van der Waals surface area contributed by atoms with Crippen LogP contribution < -0.4 is 0 Å². The highest BCUT2D eigenvalue weighted by Crippen LogP contribution is 2.24. The predicted molar refractivity (Wildman–Crippen MR) is 55.7 cm³/mol. The second kappa shape index (κ2) is 3.50. The molecule has 2 aromatic rings. The monoisotopic (exact) mass is 239 g/mol. The highest BCUT2D eigenvalue weighted by Gasteiger charge is 2.06. The molecule has 0 spiro atoms. The first-order chi connectivity index (χ1) is 6.31. The Morgan fingerprint density at radius 1 is 1.46 bits per heavy atom. The molecule has 0 atom stereocenters. The molecule has 0 saturated heterocycles. The number of nitrogens with zero attached hydrogens (tertiary/aromatic N) is 1. The third-order valence-corrected chi connectivity index (χ3v) is 2.50. The highest BCUT2D eigenvalue weighted by molar-refractivity contribution is 9.10. The molecule has 1 heterocycles. The first-order valence-electron chi connectivity index (χ1n) is 4.35. The summed E-state index contributed by atoms with van der Waals surface area (Å²) in [5, 5.41) is 0. The van der Waals surface area contributed by atoms with Crippen LogP contribution in [0.4, 0.5) is 0 Å². The van der Waals surface area contributed by atoms with Gasteiger partial charge < -0.3 is 4.42 Å². The van der Waals surface area contributed by atoms with Crippen LogP contribution >= 0.6 is 15.9 Å². The molecule has 0 fully saturated rings. The van der Waals surface area contributed by atoms with E-state index >= 15 is 0 Å². The van der Waals surface area contributed by atoms with Crippen LogP contribution in [-0.4, -0.2) is 4.98 Å². The SMILES string of the molecule is CCCc1nc2cccc(Br)c2o1. The number of rotatable bonds is 2. The third-order valence-electron chi connectivity index (χ3n) is 1.88. The molecule has 0 bridgehead atoms. The average Bonchev–Trinajstić information content (AvgIpc) is 2.49. The van der Waals surface area contributed by atoms with E-state index in [4.69, 9.17) is 4.42 Å². The van der Waals surface area contributed by atoms with Gasteiger partial charge in [0.25, 0.3) is 0 Å². The van der Waals surface area contributed by atoms with E-state index in [1.807, 2.05) is 18.2 Å². The minimum absolute atomic E-state index is 0.824. The topological polar surface area (TPSA) is 26.0 Å². The number of oxazole rings is 1. The van der Waals surface area contributed by atoms with Gasteiger partial charge in [-0.05, 0) is 34.5 Å². The number of hydrogen-bond donors (Lipinski definition) is 0. The number of fused-ring (bicyclic) bond motifs is 1. The summed E-state index contributed by atoms with van der Waals surface area (Å²) in [5.41, 5.74) is 1.78. The smallest absolute Gasteiger partial charge is 0.195 e. The summed E-state index contributed by atoms with van der Waals surface area (Å²) in [6, 6.07) is 5.89. The second-order valence-electron chi connectivity index (χ2n) is 2.95. The number of benzene rings is 1. The molecular weight excluding hydrogens is 230 g/mol. The van der Waals surface area contributed by atoms with Gasteiger partial charge in [-0.1, -0.05) is 13.0 Å². The Labute approximate surface area is 85.1 Å². The molecule has 0 aliphatic heterocycles. The second-order valence-corrected chi connectivity index (χ2v) is 3.80. The van der Waals surface area contributed by atoms with Gasteiger partial charge in [0.2, 0.25) is 0 Å². The van der Waals surface area contributed by atoms with Crippen molar-refractivity contribution in [3.05, 3.63) is 28.6 Å². The van der Waals surface area contributed by atoms with Gasteiger partial charge in [0.05, 0.1) is 4.47 Å². The first kappa shape index (κ1) is 8.75. The molecule has 0 aliphatic rings. The largest absolute Gasteiger partial charge is 0.440 e.